The van der Waals surface area contributed by atoms with Crippen molar-refractivity contribution in [2.45, 2.75) is 63.6 Å². The van der Waals surface area contributed by atoms with Crippen LogP contribution >= 0.6 is 24.8 Å². The van der Waals surface area contributed by atoms with Crippen LogP contribution in [-0.4, -0.2) is 46.4 Å². The van der Waals surface area contributed by atoms with Crippen molar-refractivity contribution < 1.29 is 18.6 Å². The second kappa shape index (κ2) is 15.8. The second-order valence-electron chi connectivity index (χ2n) is 9.77. The molecule has 4 rings (SSSR count). The molecule has 0 bridgehead atoms. The third-order valence-corrected chi connectivity index (χ3v) is 8.43. The van der Waals surface area contributed by atoms with Crippen molar-refractivity contribution in [3.8, 4) is 5.75 Å². The SMILES string of the molecule is COc1ccc(N(CC2CCCCC2)S(C)(=O)=O)cc1CNC1CCCNC1c1ccccc1.Cl.Cl.O. The van der Waals surface area contributed by atoms with Gasteiger partial charge in [-0.1, -0.05) is 49.6 Å². The number of ether oxygens (including phenoxy) is 1. The Labute approximate surface area is 234 Å². The van der Waals surface area contributed by atoms with Crippen molar-refractivity contribution >= 4 is 40.5 Å². The molecule has 0 amide bonds. The number of methoxy groups -OCH3 is 1. The molecule has 2 fully saturated rings. The highest BCUT2D eigenvalue weighted by Crippen LogP contribution is 2.31. The first-order chi connectivity index (χ1) is 16.5. The van der Waals surface area contributed by atoms with E-state index in [1.54, 1.807) is 11.4 Å². The molecule has 2 aromatic rings. The van der Waals surface area contributed by atoms with E-state index < -0.39 is 10.0 Å². The van der Waals surface area contributed by atoms with Crippen LogP contribution in [0.15, 0.2) is 48.5 Å². The number of hydrogen-bond acceptors (Lipinski definition) is 5. The lowest BCUT2D eigenvalue weighted by Gasteiger charge is -2.34. The molecular weight excluding hydrogens is 533 g/mol. The third-order valence-electron chi connectivity index (χ3n) is 7.27. The van der Waals surface area contributed by atoms with Gasteiger partial charge in [-0.05, 0) is 61.9 Å². The molecule has 1 saturated carbocycles. The summed E-state index contributed by atoms with van der Waals surface area (Å²) in [6, 6.07) is 16.9. The average molecular weight is 577 g/mol. The van der Waals surface area contributed by atoms with Gasteiger partial charge in [0.1, 0.15) is 5.75 Å². The lowest BCUT2D eigenvalue weighted by molar-refractivity contribution is 0.303. The van der Waals surface area contributed by atoms with E-state index in [2.05, 4.69) is 34.9 Å². The first kappa shape index (κ1) is 33.5. The fraction of sp³-hybridized carbons (Fsp3) is 0.556. The molecule has 2 unspecified atom stereocenters. The van der Waals surface area contributed by atoms with E-state index >= 15 is 0 Å². The zero-order valence-corrected chi connectivity index (χ0v) is 24.3. The smallest absolute Gasteiger partial charge is 0.232 e. The molecule has 210 valence electrons. The minimum Gasteiger partial charge on any atom is -0.496 e. The zero-order chi connectivity index (χ0) is 24.0. The summed E-state index contributed by atoms with van der Waals surface area (Å²) in [5, 5.41) is 7.40. The van der Waals surface area contributed by atoms with Crippen LogP contribution in [-0.2, 0) is 16.6 Å². The summed E-state index contributed by atoms with van der Waals surface area (Å²) in [5.41, 5.74) is 3.00. The fourth-order valence-corrected chi connectivity index (χ4v) is 6.43. The number of benzene rings is 2. The zero-order valence-electron chi connectivity index (χ0n) is 21.8. The highest BCUT2D eigenvalue weighted by molar-refractivity contribution is 7.92. The van der Waals surface area contributed by atoms with Crippen LogP contribution in [0.4, 0.5) is 5.69 Å². The van der Waals surface area contributed by atoms with E-state index in [-0.39, 0.29) is 42.4 Å². The quantitative estimate of drug-likeness (QED) is 0.453. The van der Waals surface area contributed by atoms with Gasteiger partial charge in [0, 0.05) is 30.7 Å². The summed E-state index contributed by atoms with van der Waals surface area (Å²) in [7, 11) is -1.70. The Morgan fingerprint density at radius 1 is 1.00 bits per heavy atom. The highest BCUT2D eigenvalue weighted by Gasteiger charge is 2.27. The molecule has 0 radical (unpaired) electrons. The summed E-state index contributed by atoms with van der Waals surface area (Å²) >= 11 is 0. The lowest BCUT2D eigenvalue weighted by atomic mass is 9.89. The van der Waals surface area contributed by atoms with Crippen LogP contribution < -0.4 is 19.7 Å². The molecule has 1 heterocycles. The number of sulfonamides is 1. The normalized spacial score (nSPS) is 20.1. The van der Waals surface area contributed by atoms with Gasteiger partial charge >= 0.3 is 0 Å². The van der Waals surface area contributed by atoms with Gasteiger partial charge in [0.05, 0.1) is 19.1 Å². The minimum atomic E-state index is -3.37. The Balaban J connectivity index is 0.00000228. The van der Waals surface area contributed by atoms with Crippen molar-refractivity contribution in [1.82, 2.24) is 10.6 Å². The summed E-state index contributed by atoms with van der Waals surface area (Å²) in [6.45, 7) is 2.19. The predicted octanol–water partition coefficient (Wildman–Crippen LogP) is 4.64. The number of anilines is 1. The summed E-state index contributed by atoms with van der Waals surface area (Å²) in [4.78, 5) is 0. The van der Waals surface area contributed by atoms with E-state index in [4.69, 9.17) is 4.74 Å². The summed E-state index contributed by atoms with van der Waals surface area (Å²) < 4.78 is 32.7. The molecule has 7 nitrogen and oxygen atoms in total. The molecule has 4 N–H and O–H groups in total. The van der Waals surface area contributed by atoms with Crippen molar-refractivity contribution in [3.63, 3.8) is 0 Å². The number of nitrogens with one attached hydrogen (secondary N) is 2. The molecule has 37 heavy (non-hydrogen) atoms. The van der Waals surface area contributed by atoms with Crippen molar-refractivity contribution in [2.24, 2.45) is 5.92 Å². The predicted molar refractivity (Wildman–Crippen MR) is 157 cm³/mol. The molecule has 2 atom stereocenters. The number of halogens is 2. The fourth-order valence-electron chi connectivity index (χ4n) is 5.45. The van der Waals surface area contributed by atoms with Crippen LogP contribution in [0.3, 0.4) is 0 Å². The van der Waals surface area contributed by atoms with Gasteiger partial charge in [-0.3, -0.25) is 4.31 Å². The Bertz CT molecular complexity index is 1040. The van der Waals surface area contributed by atoms with Crippen molar-refractivity contribution in [2.75, 3.05) is 30.8 Å². The number of nitrogens with zero attached hydrogens (tertiary/aromatic N) is 1. The maximum absolute atomic E-state index is 12.7. The molecule has 1 aliphatic heterocycles. The topological polar surface area (TPSA) is 102 Å². The Kier molecular flexibility index (Phi) is 14.3. The van der Waals surface area contributed by atoms with Gasteiger partial charge in [0.15, 0.2) is 0 Å². The number of hydrogen-bond donors (Lipinski definition) is 2. The molecule has 0 aromatic heterocycles. The highest BCUT2D eigenvalue weighted by atomic mass is 35.5. The standard InChI is InChI=1S/C27H39N3O3S.2ClH.H2O/c1-33-26-16-15-24(30(34(2,31)32)20-21-10-5-3-6-11-21)18-23(26)19-29-25-14-9-17-28-27(25)22-12-7-4-8-13-22;;;/h4,7-8,12-13,15-16,18,21,25,27-29H,3,5-6,9-11,14,17,19-20H2,1-2H3;2*1H;1H2. The van der Waals surface area contributed by atoms with Gasteiger partial charge in [0.2, 0.25) is 10.0 Å². The third kappa shape index (κ3) is 9.01. The van der Waals surface area contributed by atoms with E-state index in [1.807, 2.05) is 24.3 Å². The van der Waals surface area contributed by atoms with E-state index in [0.717, 1.165) is 49.2 Å². The van der Waals surface area contributed by atoms with Crippen molar-refractivity contribution in [1.29, 1.82) is 0 Å². The van der Waals surface area contributed by atoms with E-state index in [0.29, 0.717) is 19.0 Å². The van der Waals surface area contributed by atoms with Gasteiger partial charge in [-0.2, -0.15) is 0 Å². The van der Waals surface area contributed by atoms with Crippen molar-refractivity contribution in [3.05, 3.63) is 59.7 Å². The Morgan fingerprint density at radius 3 is 2.35 bits per heavy atom. The van der Waals surface area contributed by atoms with Crippen LogP contribution in [0, 0.1) is 5.92 Å². The van der Waals surface area contributed by atoms with Crippen LogP contribution in [0.1, 0.15) is 62.1 Å². The largest absolute Gasteiger partial charge is 0.496 e. The van der Waals surface area contributed by atoms with Gasteiger partial charge < -0.3 is 20.8 Å². The van der Waals surface area contributed by atoms with Crippen LogP contribution in [0.5, 0.6) is 5.75 Å². The number of rotatable bonds is 9. The van der Waals surface area contributed by atoms with Crippen LogP contribution in [0.2, 0.25) is 0 Å². The lowest BCUT2D eigenvalue weighted by Crippen LogP contribution is -2.45. The molecule has 2 aliphatic rings. The van der Waals surface area contributed by atoms with Gasteiger partial charge in [-0.25, -0.2) is 8.42 Å². The van der Waals surface area contributed by atoms with Gasteiger partial charge in [0.25, 0.3) is 0 Å². The van der Waals surface area contributed by atoms with Crippen LogP contribution in [0.25, 0.3) is 0 Å². The summed E-state index contributed by atoms with van der Waals surface area (Å²) in [6.07, 6.45) is 9.38. The second-order valence-corrected chi connectivity index (χ2v) is 11.7. The molecule has 10 heteroatoms. The Morgan fingerprint density at radius 2 is 1.70 bits per heavy atom. The molecule has 2 aromatic carbocycles. The minimum absolute atomic E-state index is 0. The number of piperidine rings is 1. The average Bonchev–Trinajstić information content (AvgIpc) is 2.86. The first-order valence-electron chi connectivity index (χ1n) is 12.6. The monoisotopic (exact) mass is 575 g/mol. The molecular formula is C27H43Cl2N3O4S. The maximum Gasteiger partial charge on any atom is 0.232 e. The summed E-state index contributed by atoms with van der Waals surface area (Å²) in [5.74, 6) is 1.20. The molecule has 1 saturated heterocycles. The Hall–Kier alpha value is -1.55. The maximum atomic E-state index is 12.7. The first-order valence-corrected chi connectivity index (χ1v) is 14.5. The molecule has 0 spiro atoms. The van der Waals surface area contributed by atoms with Gasteiger partial charge in [-0.15, -0.1) is 24.8 Å². The molecule has 1 aliphatic carbocycles. The van der Waals surface area contributed by atoms with E-state index in [9.17, 15) is 8.42 Å². The van der Waals surface area contributed by atoms with E-state index in [1.165, 1.54) is 31.1 Å².